The molecular weight excluding hydrogens is 620 g/mol. The van der Waals surface area contributed by atoms with Gasteiger partial charge in [-0.05, 0) is 41.5 Å². The van der Waals surface area contributed by atoms with Gasteiger partial charge in [-0.1, -0.05) is 72.8 Å². The van der Waals surface area contributed by atoms with Gasteiger partial charge in [-0.15, -0.1) is 0 Å². The molecule has 230 valence electrons. The summed E-state index contributed by atoms with van der Waals surface area (Å²) in [6, 6.07) is 17.6. The highest BCUT2D eigenvalue weighted by Crippen LogP contribution is 2.42. The molecule has 0 saturated carbocycles. The minimum atomic E-state index is -4.97. The summed E-state index contributed by atoms with van der Waals surface area (Å²) in [7, 11) is -8.75. The van der Waals surface area contributed by atoms with E-state index in [2.05, 4.69) is 0 Å². The number of allylic oxidation sites excluding steroid dienone is 4. The van der Waals surface area contributed by atoms with Crippen molar-refractivity contribution >= 4 is 31.2 Å². The minimum absolute atomic E-state index is 0.0799. The van der Waals surface area contributed by atoms with Crippen molar-refractivity contribution in [3.8, 4) is 5.75 Å². The SMILES string of the molecule is COc1ccc(S(=O)(=O)NC2(F)CC=CC(F)=C2c2ccccc2)cc1S(=O)(=O)NC1(F)CC=CC(F)=C1c1ccccc1. The van der Waals surface area contributed by atoms with Crippen LogP contribution in [0.1, 0.15) is 24.0 Å². The first kappa shape index (κ1) is 31.4. The topological polar surface area (TPSA) is 102 Å². The largest absolute Gasteiger partial charge is 0.495 e. The van der Waals surface area contributed by atoms with Gasteiger partial charge in [0.05, 0.1) is 12.0 Å². The van der Waals surface area contributed by atoms with Crippen LogP contribution in [0.3, 0.4) is 0 Å². The summed E-state index contributed by atoms with van der Waals surface area (Å²) in [6.45, 7) is 0. The third-order valence-electron chi connectivity index (χ3n) is 7.05. The molecule has 44 heavy (non-hydrogen) atoms. The molecule has 2 N–H and O–H groups in total. The van der Waals surface area contributed by atoms with Gasteiger partial charge in [-0.2, -0.15) is 9.44 Å². The molecule has 0 aromatic heterocycles. The maximum Gasteiger partial charge on any atom is 0.247 e. The van der Waals surface area contributed by atoms with Crippen molar-refractivity contribution in [3.05, 3.63) is 126 Å². The number of alkyl halides is 2. The molecule has 0 fully saturated rings. The van der Waals surface area contributed by atoms with E-state index in [1.54, 1.807) is 12.1 Å². The summed E-state index contributed by atoms with van der Waals surface area (Å²) in [5, 5.41) is 0. The average molecular weight is 647 g/mol. The Morgan fingerprint density at radius 1 is 0.682 bits per heavy atom. The second kappa shape index (κ2) is 11.8. The van der Waals surface area contributed by atoms with Gasteiger partial charge in [0, 0.05) is 24.0 Å². The van der Waals surface area contributed by atoms with E-state index >= 15 is 8.78 Å². The normalized spacial score (nSPS) is 22.4. The Labute approximate surface area is 252 Å². The van der Waals surface area contributed by atoms with Gasteiger partial charge in [-0.3, -0.25) is 0 Å². The number of nitrogens with one attached hydrogen (secondary N) is 2. The highest BCUT2D eigenvalue weighted by Gasteiger charge is 2.45. The Hall–Kier alpha value is -4.04. The second-order valence-electron chi connectivity index (χ2n) is 10.0. The summed E-state index contributed by atoms with van der Waals surface area (Å²) in [6.07, 6.45) is 3.13. The Morgan fingerprint density at radius 2 is 1.14 bits per heavy atom. The highest BCUT2D eigenvalue weighted by atomic mass is 32.2. The van der Waals surface area contributed by atoms with Crippen LogP contribution < -0.4 is 14.2 Å². The van der Waals surface area contributed by atoms with Crippen LogP contribution >= 0.6 is 0 Å². The van der Waals surface area contributed by atoms with Gasteiger partial charge in [-0.25, -0.2) is 34.4 Å². The number of halogens is 4. The van der Waals surface area contributed by atoms with Crippen LogP contribution in [0, 0.1) is 0 Å². The van der Waals surface area contributed by atoms with Crippen LogP contribution in [0.25, 0.3) is 11.1 Å². The van der Waals surface area contributed by atoms with Gasteiger partial charge >= 0.3 is 0 Å². The average Bonchev–Trinajstić information content (AvgIpc) is 2.97. The predicted molar refractivity (Wildman–Crippen MR) is 158 cm³/mol. The van der Waals surface area contributed by atoms with E-state index in [0.717, 1.165) is 43.5 Å². The number of hydrogen-bond donors (Lipinski definition) is 2. The maximum atomic E-state index is 16.4. The first-order valence-electron chi connectivity index (χ1n) is 13.2. The molecule has 5 rings (SSSR count). The Balaban J connectivity index is 1.53. The number of rotatable bonds is 9. The van der Waals surface area contributed by atoms with Crippen LogP contribution in [0.15, 0.2) is 125 Å². The Kier molecular flexibility index (Phi) is 8.42. The summed E-state index contributed by atoms with van der Waals surface area (Å²) in [5.74, 6) is -8.30. The standard InChI is InChI=1S/C31H26F4N2O5S2/c1-42-26-17-16-23(43(38,39)36-30(34)18-8-14-24(32)28(30)21-10-4-2-5-11-21)20-27(26)44(40,41)37-31(35)19-9-15-25(33)29(31)22-12-6-3-7-13-22/h2-17,20,36-37H,18-19H2,1H3. The second-order valence-corrected chi connectivity index (χ2v) is 13.4. The molecular formula is C31H26F4N2O5S2. The number of hydrogen-bond acceptors (Lipinski definition) is 5. The number of methoxy groups -OCH3 is 1. The molecule has 3 aromatic carbocycles. The van der Waals surface area contributed by atoms with Gasteiger partial charge in [0.25, 0.3) is 0 Å². The van der Waals surface area contributed by atoms with Crippen LogP contribution in [-0.4, -0.2) is 35.5 Å². The lowest BCUT2D eigenvalue weighted by Gasteiger charge is -2.31. The third-order valence-corrected chi connectivity index (χ3v) is 10.0. The quantitative estimate of drug-likeness (QED) is 0.211. The molecule has 0 bridgehead atoms. The van der Waals surface area contributed by atoms with E-state index < -0.39 is 77.1 Å². The van der Waals surface area contributed by atoms with E-state index in [-0.39, 0.29) is 16.9 Å². The van der Waals surface area contributed by atoms with Crippen molar-refractivity contribution in [2.24, 2.45) is 0 Å². The lowest BCUT2D eigenvalue weighted by atomic mass is 9.90. The molecule has 0 aliphatic heterocycles. The van der Waals surface area contributed by atoms with E-state index in [1.807, 2.05) is 9.44 Å². The fourth-order valence-electron chi connectivity index (χ4n) is 5.10. The summed E-state index contributed by atoms with van der Waals surface area (Å²) >= 11 is 0. The van der Waals surface area contributed by atoms with Crippen molar-refractivity contribution in [2.75, 3.05) is 7.11 Å². The lowest BCUT2D eigenvalue weighted by molar-refractivity contribution is 0.223. The molecule has 0 spiro atoms. The van der Waals surface area contributed by atoms with E-state index in [0.29, 0.717) is 6.07 Å². The van der Waals surface area contributed by atoms with E-state index in [1.165, 1.54) is 48.5 Å². The van der Waals surface area contributed by atoms with Crippen LogP contribution in [0.2, 0.25) is 0 Å². The highest BCUT2D eigenvalue weighted by molar-refractivity contribution is 7.90. The first-order chi connectivity index (χ1) is 20.8. The molecule has 2 atom stereocenters. The Morgan fingerprint density at radius 3 is 1.59 bits per heavy atom. The van der Waals surface area contributed by atoms with E-state index in [9.17, 15) is 25.6 Å². The zero-order chi connectivity index (χ0) is 31.8. The maximum absolute atomic E-state index is 16.4. The van der Waals surface area contributed by atoms with Gasteiger partial charge < -0.3 is 4.74 Å². The number of ether oxygens (including phenoxy) is 1. The zero-order valence-corrected chi connectivity index (χ0v) is 24.7. The van der Waals surface area contributed by atoms with Gasteiger partial charge in [0.2, 0.25) is 31.6 Å². The zero-order valence-electron chi connectivity index (χ0n) is 23.1. The fourth-order valence-corrected chi connectivity index (χ4v) is 7.85. The molecule has 0 saturated heterocycles. The summed E-state index contributed by atoms with van der Waals surface area (Å²) < 4.78 is 126. The Bertz CT molecular complexity index is 1930. The fraction of sp³-hybridized carbons (Fsp3) is 0.161. The van der Waals surface area contributed by atoms with Gasteiger partial charge in [0.1, 0.15) is 22.3 Å². The van der Waals surface area contributed by atoms with Crippen molar-refractivity contribution in [1.29, 1.82) is 0 Å². The minimum Gasteiger partial charge on any atom is -0.495 e. The molecule has 13 heteroatoms. The van der Waals surface area contributed by atoms with Crippen LogP contribution in [0.5, 0.6) is 5.75 Å². The number of benzene rings is 3. The van der Waals surface area contributed by atoms with Gasteiger partial charge in [0.15, 0.2) is 0 Å². The lowest BCUT2D eigenvalue weighted by Crippen LogP contribution is -2.47. The van der Waals surface area contributed by atoms with Crippen molar-refractivity contribution in [3.63, 3.8) is 0 Å². The molecule has 0 radical (unpaired) electrons. The van der Waals surface area contributed by atoms with Crippen molar-refractivity contribution in [2.45, 2.75) is 34.2 Å². The molecule has 2 aliphatic carbocycles. The molecule has 0 amide bonds. The summed E-state index contributed by atoms with van der Waals surface area (Å²) in [5.41, 5.74) is -0.956. The van der Waals surface area contributed by atoms with E-state index in [4.69, 9.17) is 4.74 Å². The third kappa shape index (κ3) is 6.00. The first-order valence-corrected chi connectivity index (χ1v) is 16.1. The smallest absolute Gasteiger partial charge is 0.247 e. The molecule has 3 aromatic rings. The molecule has 2 aliphatic rings. The summed E-state index contributed by atoms with van der Waals surface area (Å²) in [4.78, 5) is -1.55. The molecule has 2 unspecified atom stereocenters. The predicted octanol–water partition coefficient (Wildman–Crippen LogP) is 6.26. The van der Waals surface area contributed by atoms with Crippen LogP contribution in [0.4, 0.5) is 17.6 Å². The molecule has 0 heterocycles. The molecule has 7 nitrogen and oxygen atoms in total. The number of sulfonamides is 2. The van der Waals surface area contributed by atoms with Crippen molar-refractivity contribution < 1.29 is 39.1 Å². The van der Waals surface area contributed by atoms with Crippen molar-refractivity contribution in [1.82, 2.24) is 9.44 Å². The van der Waals surface area contributed by atoms with Crippen LogP contribution in [-0.2, 0) is 20.0 Å². The monoisotopic (exact) mass is 646 g/mol.